The fourth-order valence-electron chi connectivity index (χ4n) is 3.39. The molecule has 2 heterocycles. The number of anilines is 1. The normalized spacial score (nSPS) is 10.7. The number of allylic oxidation sites excluding steroid dienone is 1. The van der Waals surface area contributed by atoms with E-state index in [9.17, 15) is 4.79 Å². The van der Waals surface area contributed by atoms with Crippen LogP contribution in [0.3, 0.4) is 0 Å². The average Bonchev–Trinajstić information content (AvgIpc) is 3.37. The van der Waals surface area contributed by atoms with E-state index in [2.05, 4.69) is 22.0 Å². The molecule has 0 aliphatic rings. The molecule has 0 bridgehead atoms. The van der Waals surface area contributed by atoms with E-state index in [4.69, 9.17) is 0 Å². The quantitative estimate of drug-likeness (QED) is 0.466. The number of carbonyl (C=O) groups excluding carboxylic acids is 1. The first-order chi connectivity index (χ1) is 14.7. The van der Waals surface area contributed by atoms with Crippen LogP contribution in [-0.2, 0) is 17.9 Å². The van der Waals surface area contributed by atoms with E-state index in [1.165, 1.54) is 0 Å². The van der Waals surface area contributed by atoms with Crippen LogP contribution in [0.1, 0.15) is 5.56 Å². The number of aryl methyl sites for hydroxylation is 1. The molecule has 0 fully saturated rings. The lowest BCUT2D eigenvalue weighted by Gasteiger charge is -2.11. The summed E-state index contributed by atoms with van der Waals surface area (Å²) in [5, 5.41) is 7.39. The summed E-state index contributed by atoms with van der Waals surface area (Å²) in [5.41, 5.74) is 5.39. The first-order valence-electron chi connectivity index (χ1n) is 9.75. The van der Waals surface area contributed by atoms with E-state index in [1.54, 1.807) is 18.6 Å². The Morgan fingerprint density at radius 2 is 1.87 bits per heavy atom. The molecule has 0 aliphatic carbocycles. The molecule has 30 heavy (non-hydrogen) atoms. The van der Waals surface area contributed by atoms with Crippen LogP contribution in [0.15, 0.2) is 86.0 Å². The zero-order valence-corrected chi connectivity index (χ0v) is 16.8. The van der Waals surface area contributed by atoms with Crippen molar-refractivity contribution in [3.05, 3.63) is 91.5 Å². The highest BCUT2D eigenvalue weighted by molar-refractivity contribution is 5.92. The molecule has 1 N–H and O–H groups in total. The van der Waals surface area contributed by atoms with Crippen molar-refractivity contribution in [1.82, 2.24) is 19.3 Å². The first-order valence-corrected chi connectivity index (χ1v) is 9.75. The fraction of sp³-hybridized carbons (Fsp3) is 0.125. The fourth-order valence-corrected chi connectivity index (χ4v) is 3.39. The number of hydrogen-bond donors (Lipinski definition) is 1. The second kappa shape index (κ2) is 8.61. The van der Waals surface area contributed by atoms with Crippen LogP contribution in [0.4, 0.5) is 5.69 Å². The zero-order chi connectivity index (χ0) is 20.9. The summed E-state index contributed by atoms with van der Waals surface area (Å²) < 4.78 is 3.67. The Bertz CT molecular complexity index is 1170. The molecule has 6 heteroatoms. The third kappa shape index (κ3) is 4.07. The summed E-state index contributed by atoms with van der Waals surface area (Å²) >= 11 is 0. The van der Waals surface area contributed by atoms with Gasteiger partial charge in [-0.15, -0.1) is 6.58 Å². The highest BCUT2D eigenvalue weighted by Gasteiger charge is 2.18. The minimum absolute atomic E-state index is 0.110. The molecule has 4 rings (SSSR count). The van der Waals surface area contributed by atoms with E-state index in [0.717, 1.165) is 33.8 Å². The third-order valence-electron chi connectivity index (χ3n) is 4.84. The molecule has 1 amide bonds. The highest BCUT2D eigenvalue weighted by atomic mass is 16.1. The van der Waals surface area contributed by atoms with Crippen molar-refractivity contribution in [2.24, 2.45) is 0 Å². The van der Waals surface area contributed by atoms with Crippen molar-refractivity contribution >= 4 is 11.6 Å². The van der Waals surface area contributed by atoms with E-state index in [1.807, 2.05) is 77.0 Å². The minimum atomic E-state index is -0.110. The van der Waals surface area contributed by atoms with Crippen LogP contribution >= 0.6 is 0 Å². The van der Waals surface area contributed by atoms with Crippen molar-refractivity contribution in [3.63, 3.8) is 0 Å². The molecular weight excluding hydrogens is 374 g/mol. The number of hydrogen-bond acceptors (Lipinski definition) is 3. The van der Waals surface area contributed by atoms with Gasteiger partial charge in [0.1, 0.15) is 6.54 Å². The standard InChI is InChI=1S/C24H23N5O/c1-3-13-29-15-20(14-26-29)24-23(19-10-5-4-6-11-19)25-17-28(24)16-22(30)27-21-12-8-7-9-18(21)2/h3-12,14-15,17H,1,13,16H2,2H3,(H,27,30). The van der Waals surface area contributed by atoms with E-state index < -0.39 is 0 Å². The van der Waals surface area contributed by atoms with E-state index >= 15 is 0 Å². The number of para-hydroxylation sites is 1. The number of imidazole rings is 1. The monoisotopic (exact) mass is 397 g/mol. The topological polar surface area (TPSA) is 64.7 Å². The van der Waals surface area contributed by atoms with Gasteiger partial charge in [0.15, 0.2) is 0 Å². The number of nitrogens with zero attached hydrogens (tertiary/aromatic N) is 4. The summed E-state index contributed by atoms with van der Waals surface area (Å²) in [5.74, 6) is -0.110. The summed E-state index contributed by atoms with van der Waals surface area (Å²) in [6.45, 7) is 6.50. The van der Waals surface area contributed by atoms with Gasteiger partial charge in [-0.2, -0.15) is 5.10 Å². The van der Waals surface area contributed by atoms with Gasteiger partial charge in [-0.05, 0) is 18.6 Å². The predicted molar refractivity (Wildman–Crippen MR) is 119 cm³/mol. The Morgan fingerprint density at radius 3 is 2.63 bits per heavy atom. The maximum Gasteiger partial charge on any atom is 0.244 e. The van der Waals surface area contributed by atoms with Gasteiger partial charge in [0.25, 0.3) is 0 Å². The van der Waals surface area contributed by atoms with Crippen LogP contribution in [0.2, 0.25) is 0 Å². The van der Waals surface area contributed by atoms with Gasteiger partial charge in [-0.3, -0.25) is 9.48 Å². The SMILES string of the molecule is C=CCn1cc(-c2c(-c3ccccc3)ncn2CC(=O)Nc2ccccc2C)cn1. The number of nitrogens with one attached hydrogen (secondary N) is 1. The highest BCUT2D eigenvalue weighted by Crippen LogP contribution is 2.31. The van der Waals surface area contributed by atoms with Gasteiger partial charge in [0.2, 0.25) is 5.91 Å². The molecule has 0 aliphatic heterocycles. The number of rotatable bonds is 7. The first kappa shape index (κ1) is 19.4. The average molecular weight is 397 g/mol. The number of benzene rings is 2. The van der Waals surface area contributed by atoms with Crippen molar-refractivity contribution < 1.29 is 4.79 Å². The lowest BCUT2D eigenvalue weighted by Crippen LogP contribution is -2.19. The Hall–Kier alpha value is -3.93. The molecule has 2 aromatic carbocycles. The van der Waals surface area contributed by atoms with Crippen molar-refractivity contribution in [2.45, 2.75) is 20.0 Å². The van der Waals surface area contributed by atoms with Gasteiger partial charge in [-0.1, -0.05) is 54.6 Å². The van der Waals surface area contributed by atoms with Gasteiger partial charge >= 0.3 is 0 Å². The molecule has 0 unspecified atom stereocenters. The third-order valence-corrected chi connectivity index (χ3v) is 4.84. The van der Waals surface area contributed by atoms with Crippen LogP contribution in [-0.4, -0.2) is 25.2 Å². The summed E-state index contributed by atoms with van der Waals surface area (Å²) in [6, 6.07) is 17.7. The largest absolute Gasteiger partial charge is 0.324 e. The lowest BCUT2D eigenvalue weighted by molar-refractivity contribution is -0.116. The second-order valence-electron chi connectivity index (χ2n) is 7.04. The maximum atomic E-state index is 12.8. The van der Waals surface area contributed by atoms with Crippen LogP contribution in [0, 0.1) is 6.92 Å². The van der Waals surface area contributed by atoms with Crippen LogP contribution < -0.4 is 5.32 Å². The Kier molecular flexibility index (Phi) is 5.57. The molecule has 0 saturated carbocycles. The molecule has 0 atom stereocenters. The van der Waals surface area contributed by atoms with Crippen LogP contribution in [0.5, 0.6) is 0 Å². The summed E-state index contributed by atoms with van der Waals surface area (Å²) in [6.07, 6.45) is 7.24. The van der Waals surface area contributed by atoms with E-state index in [-0.39, 0.29) is 12.5 Å². The Morgan fingerprint density at radius 1 is 1.10 bits per heavy atom. The predicted octanol–water partition coefficient (Wildman–Crippen LogP) is 4.55. The van der Waals surface area contributed by atoms with Gasteiger partial charge in [0.05, 0.1) is 30.5 Å². The molecule has 0 saturated heterocycles. The Labute approximate surface area is 175 Å². The molecule has 150 valence electrons. The molecule has 0 radical (unpaired) electrons. The smallest absolute Gasteiger partial charge is 0.244 e. The van der Waals surface area contributed by atoms with Crippen LogP contribution in [0.25, 0.3) is 22.5 Å². The number of carbonyl (C=O) groups is 1. The maximum absolute atomic E-state index is 12.8. The molecule has 2 aromatic heterocycles. The van der Waals surface area contributed by atoms with Crippen molar-refractivity contribution in [1.29, 1.82) is 0 Å². The van der Waals surface area contributed by atoms with Gasteiger partial charge in [0, 0.05) is 23.0 Å². The number of aromatic nitrogens is 4. The number of amides is 1. The second-order valence-corrected chi connectivity index (χ2v) is 7.04. The van der Waals surface area contributed by atoms with Crippen molar-refractivity contribution in [2.75, 3.05) is 5.32 Å². The van der Waals surface area contributed by atoms with Gasteiger partial charge < -0.3 is 9.88 Å². The molecular formula is C24H23N5O. The summed E-state index contributed by atoms with van der Waals surface area (Å²) in [7, 11) is 0. The zero-order valence-electron chi connectivity index (χ0n) is 16.8. The van der Waals surface area contributed by atoms with Crippen molar-refractivity contribution in [3.8, 4) is 22.5 Å². The summed E-state index contributed by atoms with van der Waals surface area (Å²) in [4.78, 5) is 17.4. The lowest BCUT2D eigenvalue weighted by atomic mass is 10.1. The molecule has 6 nitrogen and oxygen atoms in total. The Balaban J connectivity index is 1.69. The molecule has 4 aromatic rings. The molecule has 0 spiro atoms. The van der Waals surface area contributed by atoms with Gasteiger partial charge in [-0.25, -0.2) is 4.98 Å². The minimum Gasteiger partial charge on any atom is -0.324 e. The van der Waals surface area contributed by atoms with E-state index in [0.29, 0.717) is 6.54 Å².